The molecule has 0 spiro atoms. The highest BCUT2D eigenvalue weighted by molar-refractivity contribution is 7.89. The number of carboxylic acid groups (broad SMARTS) is 1. The largest absolute Gasteiger partial charge is 0.478 e. The Kier molecular flexibility index (Phi) is 5.17. The number of hydrogen-bond donors (Lipinski definition) is 3. The fourth-order valence-electron chi connectivity index (χ4n) is 1.34. The molecule has 3 N–H and O–H groups in total. The van der Waals surface area contributed by atoms with Gasteiger partial charge in [0.2, 0.25) is 5.91 Å². The molecule has 1 amide bonds. The predicted octanol–water partition coefficient (Wildman–Crippen LogP) is -0.417. The van der Waals surface area contributed by atoms with Crippen LogP contribution < -0.4 is 10.0 Å². The Morgan fingerprint density at radius 2 is 2.05 bits per heavy atom. The topological polar surface area (TPSA) is 125 Å². The van der Waals surface area contributed by atoms with E-state index in [1.807, 2.05) is 0 Å². The number of aromatic nitrogens is 1. The zero-order valence-corrected chi connectivity index (χ0v) is 11.8. The van der Waals surface area contributed by atoms with Crippen LogP contribution in [-0.2, 0) is 14.8 Å². The van der Waals surface area contributed by atoms with E-state index in [1.54, 1.807) is 6.92 Å². The summed E-state index contributed by atoms with van der Waals surface area (Å²) in [5.74, 6) is -1.66. The summed E-state index contributed by atoms with van der Waals surface area (Å²) in [6.07, 6.45) is 0.938. The molecule has 0 aliphatic heterocycles. The molecule has 0 bridgehead atoms. The number of carboxylic acids is 1. The molecule has 0 aliphatic carbocycles. The summed E-state index contributed by atoms with van der Waals surface area (Å²) in [5, 5.41) is 10.8. The summed E-state index contributed by atoms with van der Waals surface area (Å²) in [5.41, 5.74) is -0.124. The molecule has 20 heavy (non-hydrogen) atoms. The Bertz CT molecular complexity index is 597. The lowest BCUT2D eigenvalue weighted by atomic mass is 10.3. The lowest BCUT2D eigenvalue weighted by Crippen LogP contribution is -2.44. The fourth-order valence-corrected chi connectivity index (χ4v) is 2.47. The fraction of sp³-hybridized carbons (Fsp3) is 0.364. The lowest BCUT2D eigenvalue weighted by molar-refractivity contribution is -0.122. The van der Waals surface area contributed by atoms with Crippen LogP contribution in [0.4, 0.5) is 0 Å². The van der Waals surface area contributed by atoms with E-state index in [0.29, 0.717) is 6.54 Å². The maximum atomic E-state index is 11.9. The molecular weight excluding hydrogens is 286 g/mol. The summed E-state index contributed by atoms with van der Waals surface area (Å²) in [6, 6.07) is 1.23. The second kappa shape index (κ2) is 6.44. The van der Waals surface area contributed by atoms with Crippen molar-refractivity contribution in [2.45, 2.75) is 24.9 Å². The normalized spacial score (nSPS) is 12.7. The standard InChI is InChI=1S/C11H15N3O5S/c1-3-12-10(15)7(2)14-20(18,19)9-5-4-8(6-13-9)11(16)17/h4-7,14H,3H2,1-2H3,(H,12,15)(H,16,17). The number of likely N-dealkylation sites (N-methyl/N-ethyl adjacent to an activating group) is 1. The molecule has 0 saturated heterocycles. The highest BCUT2D eigenvalue weighted by Gasteiger charge is 2.22. The van der Waals surface area contributed by atoms with Crippen LogP contribution in [0.3, 0.4) is 0 Å². The van der Waals surface area contributed by atoms with Crippen molar-refractivity contribution in [1.29, 1.82) is 0 Å². The van der Waals surface area contributed by atoms with E-state index in [-0.39, 0.29) is 10.6 Å². The molecular formula is C11H15N3O5S. The number of hydrogen-bond acceptors (Lipinski definition) is 5. The van der Waals surface area contributed by atoms with Crippen molar-refractivity contribution in [1.82, 2.24) is 15.0 Å². The van der Waals surface area contributed by atoms with Crippen molar-refractivity contribution in [3.8, 4) is 0 Å². The van der Waals surface area contributed by atoms with Crippen LogP contribution in [0, 0.1) is 0 Å². The monoisotopic (exact) mass is 301 g/mol. The van der Waals surface area contributed by atoms with Gasteiger partial charge in [0.25, 0.3) is 10.0 Å². The van der Waals surface area contributed by atoms with E-state index >= 15 is 0 Å². The minimum atomic E-state index is -3.98. The van der Waals surface area contributed by atoms with Gasteiger partial charge in [-0.2, -0.15) is 4.72 Å². The summed E-state index contributed by atoms with van der Waals surface area (Å²) in [4.78, 5) is 25.7. The van der Waals surface area contributed by atoms with Gasteiger partial charge in [0.05, 0.1) is 11.6 Å². The van der Waals surface area contributed by atoms with Crippen molar-refractivity contribution in [2.24, 2.45) is 0 Å². The number of aromatic carboxylic acids is 1. The zero-order chi connectivity index (χ0) is 15.3. The number of nitrogens with one attached hydrogen (secondary N) is 2. The van der Waals surface area contributed by atoms with E-state index in [0.717, 1.165) is 18.3 Å². The van der Waals surface area contributed by atoms with E-state index in [9.17, 15) is 18.0 Å². The number of pyridine rings is 1. The first-order valence-electron chi connectivity index (χ1n) is 5.77. The van der Waals surface area contributed by atoms with E-state index in [2.05, 4.69) is 15.0 Å². The van der Waals surface area contributed by atoms with Crippen LogP contribution in [-0.4, -0.2) is 43.0 Å². The third-order valence-electron chi connectivity index (χ3n) is 2.33. The van der Waals surface area contributed by atoms with Crippen LogP contribution in [0.25, 0.3) is 0 Å². The first-order chi connectivity index (χ1) is 9.27. The molecule has 8 nitrogen and oxygen atoms in total. The van der Waals surface area contributed by atoms with Crippen LogP contribution in [0.1, 0.15) is 24.2 Å². The molecule has 1 unspecified atom stereocenters. The Hall–Kier alpha value is -2.00. The molecule has 110 valence electrons. The van der Waals surface area contributed by atoms with Crippen molar-refractivity contribution >= 4 is 21.9 Å². The molecule has 0 saturated carbocycles. The van der Waals surface area contributed by atoms with Crippen molar-refractivity contribution < 1.29 is 23.1 Å². The number of nitrogens with zero attached hydrogens (tertiary/aromatic N) is 1. The first-order valence-corrected chi connectivity index (χ1v) is 7.25. The minimum absolute atomic E-state index is 0.124. The third-order valence-corrected chi connectivity index (χ3v) is 3.79. The average Bonchev–Trinajstić information content (AvgIpc) is 2.38. The minimum Gasteiger partial charge on any atom is -0.478 e. The van der Waals surface area contributed by atoms with Crippen LogP contribution in [0.15, 0.2) is 23.4 Å². The molecule has 0 aliphatic rings. The number of amides is 1. The van der Waals surface area contributed by atoms with Crippen molar-refractivity contribution in [2.75, 3.05) is 6.54 Å². The van der Waals surface area contributed by atoms with E-state index in [1.165, 1.54) is 6.92 Å². The molecule has 1 heterocycles. The summed E-state index contributed by atoms with van der Waals surface area (Å²) < 4.78 is 26.0. The maximum absolute atomic E-state index is 11.9. The molecule has 9 heteroatoms. The van der Waals surface area contributed by atoms with Gasteiger partial charge >= 0.3 is 5.97 Å². The summed E-state index contributed by atoms with van der Waals surface area (Å²) in [6.45, 7) is 3.50. The predicted molar refractivity (Wildman–Crippen MR) is 69.7 cm³/mol. The smallest absolute Gasteiger partial charge is 0.337 e. The second-order valence-corrected chi connectivity index (χ2v) is 5.59. The van der Waals surface area contributed by atoms with Crippen LogP contribution >= 0.6 is 0 Å². The molecule has 1 aromatic rings. The van der Waals surface area contributed by atoms with Crippen molar-refractivity contribution in [3.05, 3.63) is 23.9 Å². The summed E-state index contributed by atoms with van der Waals surface area (Å²) in [7, 11) is -3.98. The highest BCUT2D eigenvalue weighted by Crippen LogP contribution is 2.07. The summed E-state index contributed by atoms with van der Waals surface area (Å²) >= 11 is 0. The quantitative estimate of drug-likeness (QED) is 0.655. The number of carbonyl (C=O) groups excluding carboxylic acids is 1. The Balaban J connectivity index is 2.88. The highest BCUT2D eigenvalue weighted by atomic mass is 32.2. The SMILES string of the molecule is CCNC(=O)C(C)NS(=O)(=O)c1ccc(C(=O)O)cn1. The van der Waals surface area contributed by atoms with Gasteiger partial charge in [-0.1, -0.05) is 0 Å². The average molecular weight is 301 g/mol. The molecule has 1 aromatic heterocycles. The third kappa shape index (κ3) is 4.00. The van der Waals surface area contributed by atoms with E-state index in [4.69, 9.17) is 5.11 Å². The Morgan fingerprint density at radius 3 is 2.50 bits per heavy atom. The van der Waals surface area contributed by atoms with Gasteiger partial charge in [0.15, 0.2) is 5.03 Å². The number of rotatable bonds is 6. The van der Waals surface area contributed by atoms with Gasteiger partial charge in [-0.25, -0.2) is 18.2 Å². The molecule has 1 atom stereocenters. The van der Waals surface area contributed by atoms with Gasteiger partial charge in [-0.3, -0.25) is 4.79 Å². The zero-order valence-electron chi connectivity index (χ0n) is 11.0. The van der Waals surface area contributed by atoms with Gasteiger partial charge in [-0.15, -0.1) is 0 Å². The maximum Gasteiger partial charge on any atom is 0.337 e. The van der Waals surface area contributed by atoms with Crippen LogP contribution in [0.5, 0.6) is 0 Å². The second-order valence-electron chi connectivity index (χ2n) is 3.93. The van der Waals surface area contributed by atoms with Gasteiger partial charge < -0.3 is 10.4 Å². The first kappa shape index (κ1) is 16.1. The van der Waals surface area contributed by atoms with E-state index < -0.39 is 27.9 Å². The van der Waals surface area contributed by atoms with Gasteiger partial charge in [-0.05, 0) is 26.0 Å². The number of sulfonamides is 1. The Labute approximate surface area is 116 Å². The molecule has 0 radical (unpaired) electrons. The Morgan fingerprint density at radius 1 is 1.40 bits per heavy atom. The van der Waals surface area contributed by atoms with Gasteiger partial charge in [0, 0.05) is 12.7 Å². The van der Waals surface area contributed by atoms with Crippen LogP contribution in [0.2, 0.25) is 0 Å². The molecule has 1 rings (SSSR count). The van der Waals surface area contributed by atoms with Crippen molar-refractivity contribution in [3.63, 3.8) is 0 Å². The molecule has 0 fully saturated rings. The van der Waals surface area contributed by atoms with Gasteiger partial charge in [0.1, 0.15) is 0 Å². The number of carbonyl (C=O) groups is 2. The molecule has 0 aromatic carbocycles. The lowest BCUT2D eigenvalue weighted by Gasteiger charge is -2.13.